The SMILES string of the molecule is CC(C)(C)OC(=O)NCC1CN(c2ccccc2CO)C1. The van der Waals surface area contributed by atoms with Gasteiger partial charge in [-0.05, 0) is 26.8 Å². The first-order valence-electron chi connectivity index (χ1n) is 7.29. The van der Waals surface area contributed by atoms with Crippen LogP contribution >= 0.6 is 0 Å². The average molecular weight is 292 g/mol. The number of amides is 1. The van der Waals surface area contributed by atoms with E-state index in [0.717, 1.165) is 24.3 Å². The van der Waals surface area contributed by atoms with E-state index in [4.69, 9.17) is 4.74 Å². The largest absolute Gasteiger partial charge is 0.444 e. The molecule has 2 N–H and O–H groups in total. The van der Waals surface area contributed by atoms with Crippen molar-refractivity contribution in [2.24, 2.45) is 5.92 Å². The Morgan fingerprint density at radius 1 is 1.38 bits per heavy atom. The predicted molar refractivity (Wildman–Crippen MR) is 82.3 cm³/mol. The van der Waals surface area contributed by atoms with Crippen LogP contribution in [0.3, 0.4) is 0 Å². The highest BCUT2D eigenvalue weighted by Gasteiger charge is 2.28. The number of carbonyl (C=O) groups is 1. The first-order valence-corrected chi connectivity index (χ1v) is 7.29. The van der Waals surface area contributed by atoms with Crippen LogP contribution in [0.2, 0.25) is 0 Å². The van der Waals surface area contributed by atoms with Gasteiger partial charge in [0.2, 0.25) is 0 Å². The van der Waals surface area contributed by atoms with Crippen LogP contribution in [0.15, 0.2) is 24.3 Å². The van der Waals surface area contributed by atoms with Gasteiger partial charge in [-0.2, -0.15) is 0 Å². The molecule has 0 bridgehead atoms. The van der Waals surface area contributed by atoms with E-state index in [9.17, 15) is 9.90 Å². The Balaban J connectivity index is 1.76. The monoisotopic (exact) mass is 292 g/mol. The van der Waals surface area contributed by atoms with Gasteiger partial charge in [-0.25, -0.2) is 4.79 Å². The average Bonchev–Trinajstić information content (AvgIpc) is 2.35. The fraction of sp³-hybridized carbons (Fsp3) is 0.562. The third kappa shape index (κ3) is 4.36. The van der Waals surface area contributed by atoms with E-state index in [2.05, 4.69) is 10.2 Å². The molecular formula is C16H24N2O3. The molecule has 0 atom stereocenters. The van der Waals surface area contributed by atoms with E-state index < -0.39 is 5.60 Å². The minimum Gasteiger partial charge on any atom is -0.444 e. The Hall–Kier alpha value is -1.75. The fourth-order valence-electron chi connectivity index (χ4n) is 2.39. The predicted octanol–water partition coefficient (Wildman–Crippen LogP) is 2.14. The van der Waals surface area contributed by atoms with Crippen molar-refractivity contribution in [2.75, 3.05) is 24.5 Å². The van der Waals surface area contributed by atoms with Crippen LogP contribution in [0.5, 0.6) is 0 Å². The molecule has 1 aliphatic rings. The van der Waals surface area contributed by atoms with Gasteiger partial charge in [-0.1, -0.05) is 18.2 Å². The number of aliphatic hydroxyl groups is 1. The van der Waals surface area contributed by atoms with Crippen LogP contribution in [0, 0.1) is 5.92 Å². The van der Waals surface area contributed by atoms with E-state index in [0.29, 0.717) is 12.5 Å². The summed E-state index contributed by atoms with van der Waals surface area (Å²) in [5.41, 5.74) is 1.56. The molecule has 116 valence electrons. The van der Waals surface area contributed by atoms with Crippen LogP contribution in [-0.4, -0.2) is 36.4 Å². The quantitative estimate of drug-likeness (QED) is 0.892. The number of nitrogens with zero attached hydrogens (tertiary/aromatic N) is 1. The normalized spacial score (nSPS) is 15.5. The Kier molecular flexibility index (Phi) is 4.73. The van der Waals surface area contributed by atoms with Gasteiger partial charge in [0.1, 0.15) is 5.60 Å². The molecule has 5 nitrogen and oxygen atoms in total. The molecule has 21 heavy (non-hydrogen) atoms. The van der Waals surface area contributed by atoms with Gasteiger partial charge >= 0.3 is 6.09 Å². The fourth-order valence-corrected chi connectivity index (χ4v) is 2.39. The van der Waals surface area contributed by atoms with Crippen LogP contribution in [0.4, 0.5) is 10.5 Å². The lowest BCUT2D eigenvalue weighted by atomic mass is 9.98. The Morgan fingerprint density at radius 3 is 2.67 bits per heavy atom. The van der Waals surface area contributed by atoms with E-state index in [-0.39, 0.29) is 12.7 Å². The van der Waals surface area contributed by atoms with Crippen molar-refractivity contribution < 1.29 is 14.6 Å². The summed E-state index contributed by atoms with van der Waals surface area (Å²) >= 11 is 0. The highest BCUT2D eigenvalue weighted by molar-refractivity contribution is 5.67. The molecule has 0 saturated carbocycles. The van der Waals surface area contributed by atoms with E-state index in [1.807, 2.05) is 45.0 Å². The van der Waals surface area contributed by atoms with Gasteiger partial charge in [-0.15, -0.1) is 0 Å². The number of ether oxygens (including phenoxy) is 1. The summed E-state index contributed by atoms with van der Waals surface area (Å²) in [5, 5.41) is 12.1. The molecule has 2 rings (SSSR count). The maximum Gasteiger partial charge on any atom is 0.407 e. The van der Waals surface area contributed by atoms with Gasteiger partial charge in [0.25, 0.3) is 0 Å². The Morgan fingerprint density at radius 2 is 2.05 bits per heavy atom. The summed E-state index contributed by atoms with van der Waals surface area (Å²) in [5.74, 6) is 0.421. The number of para-hydroxylation sites is 1. The molecule has 5 heteroatoms. The molecule has 0 aliphatic carbocycles. The highest BCUT2D eigenvalue weighted by atomic mass is 16.6. The number of hydrogen-bond acceptors (Lipinski definition) is 4. The molecule has 1 heterocycles. The minimum absolute atomic E-state index is 0.0491. The smallest absolute Gasteiger partial charge is 0.407 e. The van der Waals surface area contributed by atoms with Crippen LogP contribution in [0.1, 0.15) is 26.3 Å². The zero-order chi connectivity index (χ0) is 15.5. The van der Waals surface area contributed by atoms with Gasteiger partial charge in [-0.3, -0.25) is 0 Å². The van der Waals surface area contributed by atoms with Crippen LogP contribution in [-0.2, 0) is 11.3 Å². The molecule has 1 aromatic carbocycles. The van der Waals surface area contributed by atoms with Crippen molar-refractivity contribution >= 4 is 11.8 Å². The Bertz CT molecular complexity index is 491. The first kappa shape index (κ1) is 15.6. The molecule has 0 spiro atoms. The molecule has 1 saturated heterocycles. The Labute approximate surface area is 125 Å². The number of nitrogens with one attached hydrogen (secondary N) is 1. The molecule has 1 aliphatic heterocycles. The molecule has 0 aromatic heterocycles. The van der Waals surface area contributed by atoms with Crippen molar-refractivity contribution in [3.63, 3.8) is 0 Å². The van der Waals surface area contributed by atoms with Gasteiger partial charge in [0.15, 0.2) is 0 Å². The lowest BCUT2D eigenvalue weighted by molar-refractivity contribution is 0.0516. The van der Waals surface area contributed by atoms with Gasteiger partial charge in [0, 0.05) is 36.8 Å². The van der Waals surface area contributed by atoms with Gasteiger partial charge in [0.05, 0.1) is 6.61 Å². The molecule has 1 aromatic rings. The molecular weight excluding hydrogens is 268 g/mol. The zero-order valence-corrected chi connectivity index (χ0v) is 12.9. The maximum atomic E-state index is 11.6. The summed E-state index contributed by atoms with van der Waals surface area (Å²) in [6.07, 6.45) is -0.364. The summed E-state index contributed by atoms with van der Waals surface area (Å²) in [6, 6.07) is 7.85. The third-order valence-corrected chi connectivity index (χ3v) is 3.39. The van der Waals surface area contributed by atoms with Crippen LogP contribution < -0.4 is 10.2 Å². The summed E-state index contributed by atoms with van der Waals surface area (Å²) < 4.78 is 5.21. The maximum absolute atomic E-state index is 11.6. The molecule has 1 amide bonds. The second-order valence-electron chi connectivity index (χ2n) is 6.44. The van der Waals surface area contributed by atoms with Crippen molar-refractivity contribution in [3.05, 3.63) is 29.8 Å². The van der Waals surface area contributed by atoms with Crippen molar-refractivity contribution in [3.8, 4) is 0 Å². The second kappa shape index (κ2) is 6.35. The standard InChI is InChI=1S/C16H24N2O3/c1-16(2,3)21-15(20)17-8-12-9-18(10-12)14-7-5-4-6-13(14)11-19/h4-7,12,19H,8-11H2,1-3H3,(H,17,20). The van der Waals surface area contributed by atoms with Crippen molar-refractivity contribution in [1.29, 1.82) is 0 Å². The molecule has 1 fully saturated rings. The summed E-state index contributed by atoms with van der Waals surface area (Å²) in [7, 11) is 0. The third-order valence-electron chi connectivity index (χ3n) is 3.39. The summed E-state index contributed by atoms with van der Waals surface area (Å²) in [4.78, 5) is 13.8. The van der Waals surface area contributed by atoms with E-state index in [1.54, 1.807) is 0 Å². The van der Waals surface area contributed by atoms with E-state index in [1.165, 1.54) is 0 Å². The number of hydrogen-bond donors (Lipinski definition) is 2. The minimum atomic E-state index is -0.463. The number of carbonyl (C=O) groups excluding carboxylic acids is 1. The first-order chi connectivity index (χ1) is 9.89. The topological polar surface area (TPSA) is 61.8 Å². The molecule has 0 unspecified atom stereocenters. The number of aliphatic hydroxyl groups excluding tert-OH is 1. The molecule has 0 radical (unpaired) electrons. The number of anilines is 1. The lowest BCUT2D eigenvalue weighted by Gasteiger charge is -2.42. The zero-order valence-electron chi connectivity index (χ0n) is 12.9. The van der Waals surface area contributed by atoms with Crippen LogP contribution in [0.25, 0.3) is 0 Å². The second-order valence-corrected chi connectivity index (χ2v) is 6.44. The van der Waals surface area contributed by atoms with E-state index >= 15 is 0 Å². The van der Waals surface area contributed by atoms with Crippen molar-refractivity contribution in [1.82, 2.24) is 5.32 Å². The number of rotatable bonds is 4. The van der Waals surface area contributed by atoms with Crippen molar-refractivity contribution in [2.45, 2.75) is 33.0 Å². The lowest BCUT2D eigenvalue weighted by Crippen LogP contribution is -2.52. The number of alkyl carbamates (subject to hydrolysis) is 1. The van der Waals surface area contributed by atoms with Gasteiger partial charge < -0.3 is 20.1 Å². The highest BCUT2D eigenvalue weighted by Crippen LogP contribution is 2.27. The number of benzene rings is 1. The summed E-state index contributed by atoms with van der Waals surface area (Å²) in [6.45, 7) is 7.98.